The van der Waals surface area contributed by atoms with Gasteiger partial charge in [0.05, 0.1) is 0 Å². The topological polar surface area (TPSA) is 88.0 Å². The van der Waals surface area contributed by atoms with Crippen LogP contribution in [0.25, 0.3) is 0 Å². The van der Waals surface area contributed by atoms with Crippen molar-refractivity contribution < 1.29 is 4.79 Å². The van der Waals surface area contributed by atoms with Crippen LogP contribution in [0.4, 0.5) is 5.69 Å². The maximum atomic E-state index is 11.8. The maximum Gasteiger partial charge on any atom is 0.251 e. The summed E-state index contributed by atoms with van der Waals surface area (Å²) in [6.07, 6.45) is 1.57. The van der Waals surface area contributed by atoms with Crippen molar-refractivity contribution >= 4 is 11.6 Å². The molecule has 0 spiro atoms. The minimum Gasteiger partial charge on any atom is -0.399 e. The summed E-state index contributed by atoms with van der Waals surface area (Å²) in [6, 6.07) is 9.77. The molecular formula is C13H13N3O2. The van der Waals surface area contributed by atoms with Gasteiger partial charge in [-0.25, -0.2) is 0 Å². The fraction of sp³-hybridized carbons (Fsp3) is 0.0769. The standard InChI is InChI=1S/C13H13N3O2/c14-11-4-2-10(3-5-11)13(18)16-8-9-1-6-12(17)15-7-9/h1-7H,8,14H2,(H,15,17)(H,16,18). The summed E-state index contributed by atoms with van der Waals surface area (Å²) < 4.78 is 0. The second-order valence-corrected chi connectivity index (χ2v) is 3.87. The van der Waals surface area contributed by atoms with Gasteiger partial charge in [0.1, 0.15) is 0 Å². The molecule has 0 saturated heterocycles. The normalized spacial score (nSPS) is 10.0. The summed E-state index contributed by atoms with van der Waals surface area (Å²) in [6.45, 7) is 0.361. The average Bonchev–Trinajstić information content (AvgIpc) is 2.38. The van der Waals surface area contributed by atoms with Gasteiger partial charge in [-0.3, -0.25) is 9.59 Å². The van der Waals surface area contributed by atoms with Crippen LogP contribution in [0.15, 0.2) is 47.4 Å². The quantitative estimate of drug-likeness (QED) is 0.699. The highest BCUT2D eigenvalue weighted by Crippen LogP contribution is 2.05. The number of amides is 1. The number of rotatable bonds is 3. The molecule has 0 fully saturated rings. The first kappa shape index (κ1) is 11.9. The Labute approximate surface area is 104 Å². The highest BCUT2D eigenvalue weighted by molar-refractivity contribution is 5.94. The van der Waals surface area contributed by atoms with E-state index in [4.69, 9.17) is 5.73 Å². The molecule has 18 heavy (non-hydrogen) atoms. The van der Waals surface area contributed by atoms with Gasteiger partial charge >= 0.3 is 0 Å². The minimum atomic E-state index is -0.179. The highest BCUT2D eigenvalue weighted by Gasteiger charge is 2.04. The van der Waals surface area contributed by atoms with Crippen molar-refractivity contribution in [3.8, 4) is 0 Å². The van der Waals surface area contributed by atoms with Crippen molar-refractivity contribution in [2.24, 2.45) is 0 Å². The molecular weight excluding hydrogens is 230 g/mol. The lowest BCUT2D eigenvalue weighted by molar-refractivity contribution is 0.0951. The zero-order valence-electron chi connectivity index (χ0n) is 9.64. The summed E-state index contributed by atoms with van der Waals surface area (Å²) >= 11 is 0. The monoisotopic (exact) mass is 243 g/mol. The number of H-pyrrole nitrogens is 1. The lowest BCUT2D eigenvalue weighted by atomic mass is 10.2. The minimum absolute atomic E-state index is 0.163. The third kappa shape index (κ3) is 2.98. The molecule has 1 aromatic heterocycles. The van der Waals surface area contributed by atoms with E-state index in [1.807, 2.05) is 0 Å². The number of anilines is 1. The van der Waals surface area contributed by atoms with E-state index in [1.165, 1.54) is 6.07 Å². The Morgan fingerprint density at radius 2 is 1.89 bits per heavy atom. The molecule has 0 radical (unpaired) electrons. The van der Waals surface area contributed by atoms with Crippen LogP contribution in [0.2, 0.25) is 0 Å². The predicted molar refractivity (Wildman–Crippen MR) is 69.1 cm³/mol. The molecule has 0 atom stereocenters. The molecule has 0 aliphatic heterocycles. The number of nitrogens with one attached hydrogen (secondary N) is 2. The van der Waals surface area contributed by atoms with Gasteiger partial charge in [-0.1, -0.05) is 6.07 Å². The number of hydrogen-bond acceptors (Lipinski definition) is 3. The third-order valence-corrected chi connectivity index (χ3v) is 2.47. The summed E-state index contributed by atoms with van der Waals surface area (Å²) in [5, 5.41) is 2.75. The first-order chi connectivity index (χ1) is 8.65. The molecule has 92 valence electrons. The van der Waals surface area contributed by atoms with Crippen molar-refractivity contribution in [3.63, 3.8) is 0 Å². The first-order valence-corrected chi connectivity index (χ1v) is 5.46. The van der Waals surface area contributed by atoms with Crippen LogP contribution >= 0.6 is 0 Å². The van der Waals surface area contributed by atoms with Crippen molar-refractivity contribution in [1.82, 2.24) is 10.3 Å². The number of nitrogens with two attached hydrogens (primary N) is 1. The fourth-order valence-corrected chi connectivity index (χ4v) is 1.47. The Bertz CT molecular complexity index is 582. The number of aromatic nitrogens is 1. The van der Waals surface area contributed by atoms with Crippen LogP contribution in [0, 0.1) is 0 Å². The smallest absolute Gasteiger partial charge is 0.251 e. The molecule has 1 amide bonds. The summed E-state index contributed by atoms with van der Waals surface area (Å²) in [4.78, 5) is 25.2. The maximum absolute atomic E-state index is 11.8. The van der Waals surface area contributed by atoms with E-state index in [9.17, 15) is 9.59 Å². The van der Waals surface area contributed by atoms with Crippen LogP contribution in [-0.4, -0.2) is 10.9 Å². The highest BCUT2D eigenvalue weighted by atomic mass is 16.1. The van der Waals surface area contributed by atoms with Crippen LogP contribution in [0.5, 0.6) is 0 Å². The van der Waals surface area contributed by atoms with Crippen molar-refractivity contribution in [1.29, 1.82) is 0 Å². The number of pyridine rings is 1. The number of benzene rings is 1. The Morgan fingerprint density at radius 3 is 2.50 bits per heavy atom. The molecule has 2 rings (SSSR count). The van der Waals surface area contributed by atoms with E-state index < -0.39 is 0 Å². The Kier molecular flexibility index (Phi) is 3.43. The second kappa shape index (κ2) is 5.18. The SMILES string of the molecule is Nc1ccc(C(=O)NCc2ccc(=O)[nH]c2)cc1. The number of carbonyl (C=O) groups is 1. The molecule has 0 unspecified atom stereocenters. The van der Waals surface area contributed by atoms with Gasteiger partial charge in [-0.15, -0.1) is 0 Å². The molecule has 0 bridgehead atoms. The number of carbonyl (C=O) groups excluding carboxylic acids is 1. The molecule has 0 aliphatic rings. The van der Waals surface area contributed by atoms with E-state index in [2.05, 4.69) is 10.3 Å². The first-order valence-electron chi connectivity index (χ1n) is 5.46. The van der Waals surface area contributed by atoms with Crippen molar-refractivity contribution in [3.05, 3.63) is 64.1 Å². The summed E-state index contributed by atoms with van der Waals surface area (Å²) in [5.74, 6) is -0.179. The largest absolute Gasteiger partial charge is 0.399 e. The van der Waals surface area contributed by atoms with Crippen LogP contribution < -0.4 is 16.6 Å². The van der Waals surface area contributed by atoms with Gasteiger partial charge in [0.25, 0.3) is 5.91 Å². The molecule has 1 aromatic carbocycles. The zero-order chi connectivity index (χ0) is 13.0. The van der Waals surface area contributed by atoms with E-state index in [-0.39, 0.29) is 11.5 Å². The molecule has 4 N–H and O–H groups in total. The van der Waals surface area contributed by atoms with Gasteiger partial charge in [-0.2, -0.15) is 0 Å². The zero-order valence-corrected chi connectivity index (χ0v) is 9.64. The average molecular weight is 243 g/mol. The molecule has 0 aliphatic carbocycles. The van der Waals surface area contributed by atoms with Crippen LogP contribution in [0.1, 0.15) is 15.9 Å². The molecule has 1 heterocycles. The fourth-order valence-electron chi connectivity index (χ4n) is 1.47. The summed E-state index contributed by atoms with van der Waals surface area (Å²) in [5.41, 5.74) is 7.38. The van der Waals surface area contributed by atoms with E-state index >= 15 is 0 Å². The van der Waals surface area contributed by atoms with Gasteiger partial charge in [-0.05, 0) is 29.8 Å². The van der Waals surface area contributed by atoms with E-state index in [0.29, 0.717) is 17.8 Å². The van der Waals surface area contributed by atoms with Gasteiger partial charge in [0, 0.05) is 30.1 Å². The second-order valence-electron chi connectivity index (χ2n) is 3.87. The number of aromatic amines is 1. The van der Waals surface area contributed by atoms with Gasteiger partial charge in [0.15, 0.2) is 0 Å². The number of nitrogen functional groups attached to an aromatic ring is 1. The van der Waals surface area contributed by atoms with Crippen molar-refractivity contribution in [2.75, 3.05) is 5.73 Å². The lowest BCUT2D eigenvalue weighted by Gasteiger charge is -2.05. The van der Waals surface area contributed by atoms with Crippen LogP contribution in [-0.2, 0) is 6.54 Å². The Balaban J connectivity index is 1.98. The van der Waals surface area contributed by atoms with Crippen molar-refractivity contribution in [2.45, 2.75) is 6.54 Å². The molecule has 5 nitrogen and oxygen atoms in total. The third-order valence-electron chi connectivity index (χ3n) is 2.47. The molecule has 5 heteroatoms. The van der Waals surface area contributed by atoms with E-state index in [1.54, 1.807) is 36.5 Å². The van der Waals surface area contributed by atoms with Crippen LogP contribution in [0.3, 0.4) is 0 Å². The van der Waals surface area contributed by atoms with Gasteiger partial charge < -0.3 is 16.0 Å². The molecule has 0 saturated carbocycles. The Morgan fingerprint density at radius 1 is 1.17 bits per heavy atom. The lowest BCUT2D eigenvalue weighted by Crippen LogP contribution is -2.23. The summed E-state index contributed by atoms with van der Waals surface area (Å²) in [7, 11) is 0. The van der Waals surface area contributed by atoms with E-state index in [0.717, 1.165) is 5.56 Å². The number of hydrogen-bond donors (Lipinski definition) is 3. The molecule has 2 aromatic rings. The Hall–Kier alpha value is -2.56. The van der Waals surface area contributed by atoms with Gasteiger partial charge in [0.2, 0.25) is 5.56 Å². The predicted octanol–water partition coefficient (Wildman–Crippen LogP) is 0.887.